The molecule has 1 aromatic carbocycles. The van der Waals surface area contributed by atoms with Crippen LogP contribution in [0.4, 0.5) is 18.6 Å². The van der Waals surface area contributed by atoms with Gasteiger partial charge in [0.1, 0.15) is 5.75 Å². The van der Waals surface area contributed by atoms with E-state index in [1.165, 1.54) is 6.07 Å². The predicted octanol–water partition coefficient (Wildman–Crippen LogP) is 1.85. The van der Waals surface area contributed by atoms with Crippen molar-refractivity contribution in [2.24, 2.45) is 0 Å². The second-order valence-corrected chi connectivity index (χ2v) is 1.84. The van der Waals surface area contributed by atoms with Crippen LogP contribution in [-0.2, 0) is 0 Å². The summed E-state index contributed by atoms with van der Waals surface area (Å²) in [6, 6.07) is 6.50. The lowest BCUT2D eigenvalue weighted by molar-refractivity contribution is 0.475. The summed E-state index contributed by atoms with van der Waals surface area (Å²) in [6.07, 6.45) is 0. The molecule has 3 N–H and O–H groups in total. The van der Waals surface area contributed by atoms with Crippen LogP contribution in [0.15, 0.2) is 24.3 Å². The molecule has 0 atom stereocenters. The van der Waals surface area contributed by atoms with E-state index in [2.05, 4.69) is 0 Å². The van der Waals surface area contributed by atoms with Gasteiger partial charge >= 0.3 is 7.54 Å². The fraction of sp³-hybridized carbons (Fsp3) is 0. The number of phenolic OH excluding ortho intramolecular Hbond substituents is 1. The van der Waals surface area contributed by atoms with Crippen LogP contribution in [0.25, 0.3) is 0 Å². The van der Waals surface area contributed by atoms with Crippen molar-refractivity contribution in [1.29, 1.82) is 0 Å². The molecule has 0 aliphatic rings. The molecule has 0 saturated heterocycles. The van der Waals surface area contributed by atoms with Crippen molar-refractivity contribution < 1.29 is 18.1 Å². The van der Waals surface area contributed by atoms with E-state index >= 15 is 0 Å². The van der Waals surface area contributed by atoms with Gasteiger partial charge in [-0.25, -0.2) is 0 Å². The zero-order chi connectivity index (χ0) is 9.56. The molecule has 0 bridgehead atoms. The largest absolute Gasteiger partial charge is 0.762 e. The van der Waals surface area contributed by atoms with E-state index < -0.39 is 7.54 Å². The molecule has 66 valence electrons. The summed E-state index contributed by atoms with van der Waals surface area (Å²) < 4.78 is 29.0. The second-order valence-electron chi connectivity index (χ2n) is 1.84. The van der Waals surface area contributed by atoms with Gasteiger partial charge in [-0.15, -0.1) is 0 Å². The highest BCUT2D eigenvalue weighted by Gasteiger charge is 2.06. The molecule has 0 amide bonds. The van der Waals surface area contributed by atoms with Crippen molar-refractivity contribution in [3.8, 4) is 5.75 Å². The maximum atomic E-state index is 9.67. The fourth-order valence-electron chi connectivity index (χ4n) is 0.525. The summed E-state index contributed by atoms with van der Waals surface area (Å²) >= 11 is 0. The van der Waals surface area contributed by atoms with Gasteiger partial charge in [-0.3, -0.25) is 12.9 Å². The molecule has 0 heterocycles. The molecule has 0 fully saturated rings. The maximum Gasteiger partial charge on any atom is 0.762 e. The third kappa shape index (κ3) is 6.79. The lowest BCUT2D eigenvalue weighted by atomic mass is 10.3. The number of hydrogen-bond donors (Lipinski definition) is 2. The van der Waals surface area contributed by atoms with Crippen molar-refractivity contribution in [2.45, 2.75) is 0 Å². The Balaban J connectivity index is 0.000000261. The number of nitrogen functional groups attached to an aromatic ring is 1. The standard InChI is InChI=1S/C6H7NO.BF3/c7-5-2-1-3-6(8)4-5;2-1(3)4/h1-4,8H,7H2;. The number of benzene rings is 1. The Morgan fingerprint density at radius 1 is 1.25 bits per heavy atom. The molecule has 0 aromatic heterocycles. The zero-order valence-electron chi connectivity index (χ0n) is 6.05. The van der Waals surface area contributed by atoms with Gasteiger partial charge in [0, 0.05) is 11.8 Å². The summed E-state index contributed by atoms with van der Waals surface area (Å²) in [5.74, 6) is 0.213. The first-order valence-electron chi connectivity index (χ1n) is 2.99. The highest BCUT2D eigenvalue weighted by atomic mass is 19.4. The number of aromatic hydroxyl groups is 1. The molecule has 0 saturated carbocycles. The first-order valence-corrected chi connectivity index (χ1v) is 2.99. The minimum atomic E-state index is -3.67. The summed E-state index contributed by atoms with van der Waals surface area (Å²) in [4.78, 5) is 0. The monoisotopic (exact) mass is 177 g/mol. The smallest absolute Gasteiger partial charge is 0.508 e. The van der Waals surface area contributed by atoms with Crippen LogP contribution >= 0.6 is 0 Å². The van der Waals surface area contributed by atoms with Crippen LogP contribution in [0.3, 0.4) is 0 Å². The summed E-state index contributed by atoms with van der Waals surface area (Å²) in [5.41, 5.74) is 5.89. The number of anilines is 1. The number of rotatable bonds is 0. The molecule has 6 heteroatoms. The Morgan fingerprint density at radius 2 is 1.75 bits per heavy atom. The van der Waals surface area contributed by atoms with Gasteiger partial charge in [-0.2, -0.15) is 0 Å². The Hall–Kier alpha value is -1.33. The third-order valence-electron chi connectivity index (χ3n) is 0.870. The molecular weight excluding hydrogens is 170 g/mol. The van der Waals surface area contributed by atoms with E-state index in [0.717, 1.165) is 0 Å². The second kappa shape index (κ2) is 5.34. The van der Waals surface area contributed by atoms with Gasteiger partial charge in [0.05, 0.1) is 0 Å². The lowest BCUT2D eigenvalue weighted by Crippen LogP contribution is -1.80. The first-order chi connectivity index (χ1) is 5.52. The van der Waals surface area contributed by atoms with Crippen molar-refractivity contribution in [3.05, 3.63) is 24.3 Å². The minimum Gasteiger partial charge on any atom is -0.508 e. The summed E-state index contributed by atoms with van der Waals surface area (Å²) in [7, 11) is -3.67. The fourth-order valence-corrected chi connectivity index (χ4v) is 0.525. The van der Waals surface area contributed by atoms with Gasteiger partial charge in [-0.05, 0) is 12.1 Å². The van der Waals surface area contributed by atoms with Crippen molar-refractivity contribution in [2.75, 3.05) is 5.73 Å². The van der Waals surface area contributed by atoms with E-state index in [0.29, 0.717) is 5.69 Å². The Morgan fingerprint density at radius 3 is 2.00 bits per heavy atom. The first kappa shape index (κ1) is 10.7. The van der Waals surface area contributed by atoms with Crippen LogP contribution in [0.5, 0.6) is 5.75 Å². The van der Waals surface area contributed by atoms with Crippen LogP contribution in [0.1, 0.15) is 0 Å². The van der Waals surface area contributed by atoms with Gasteiger partial charge in [-0.1, -0.05) is 6.07 Å². The summed E-state index contributed by atoms with van der Waals surface area (Å²) in [6.45, 7) is 0. The van der Waals surface area contributed by atoms with E-state index in [-0.39, 0.29) is 5.75 Å². The topological polar surface area (TPSA) is 46.2 Å². The molecule has 0 aliphatic heterocycles. The van der Waals surface area contributed by atoms with Crippen LogP contribution in [0.2, 0.25) is 0 Å². The average molecular weight is 177 g/mol. The Bertz CT molecular complexity index is 214. The van der Waals surface area contributed by atoms with Gasteiger partial charge < -0.3 is 10.8 Å². The van der Waals surface area contributed by atoms with E-state index in [4.69, 9.17) is 10.8 Å². The molecule has 0 unspecified atom stereocenters. The SMILES string of the molecule is FB(F)F.Nc1cccc(O)c1. The molecular formula is C6H7BF3NO. The van der Waals surface area contributed by atoms with Crippen molar-refractivity contribution >= 4 is 13.2 Å². The zero-order valence-corrected chi connectivity index (χ0v) is 6.05. The third-order valence-corrected chi connectivity index (χ3v) is 0.870. The average Bonchev–Trinajstić information content (AvgIpc) is 1.84. The van der Waals surface area contributed by atoms with Gasteiger partial charge in [0.25, 0.3) is 0 Å². The van der Waals surface area contributed by atoms with Gasteiger partial charge in [0.2, 0.25) is 0 Å². The van der Waals surface area contributed by atoms with Crippen LogP contribution in [-0.4, -0.2) is 12.7 Å². The molecule has 1 rings (SSSR count). The molecule has 0 spiro atoms. The lowest BCUT2D eigenvalue weighted by Gasteiger charge is -1.90. The minimum absolute atomic E-state index is 0.213. The van der Waals surface area contributed by atoms with Crippen LogP contribution in [0, 0.1) is 0 Å². The summed E-state index contributed by atoms with van der Waals surface area (Å²) in [5, 5.41) is 8.73. The molecule has 2 nitrogen and oxygen atoms in total. The molecule has 0 aliphatic carbocycles. The molecule has 0 radical (unpaired) electrons. The highest BCUT2D eigenvalue weighted by Crippen LogP contribution is 2.10. The van der Waals surface area contributed by atoms with Gasteiger partial charge in [0.15, 0.2) is 0 Å². The highest BCUT2D eigenvalue weighted by molar-refractivity contribution is 6.33. The van der Waals surface area contributed by atoms with E-state index in [1.807, 2.05) is 0 Å². The number of halogens is 3. The quantitative estimate of drug-likeness (QED) is 0.469. The Kier molecular flexibility index (Phi) is 4.75. The predicted molar refractivity (Wildman–Crippen MR) is 41.6 cm³/mol. The van der Waals surface area contributed by atoms with Crippen molar-refractivity contribution in [1.82, 2.24) is 0 Å². The number of phenols is 1. The van der Waals surface area contributed by atoms with E-state index in [9.17, 15) is 12.9 Å². The number of nitrogens with two attached hydrogens (primary N) is 1. The molecule has 12 heavy (non-hydrogen) atoms. The Labute approximate surface area is 68.0 Å². The molecule has 1 aromatic rings. The maximum absolute atomic E-state index is 9.67. The normalized spacial score (nSPS) is 8.25. The van der Waals surface area contributed by atoms with E-state index in [1.54, 1.807) is 18.2 Å². The van der Waals surface area contributed by atoms with Crippen LogP contribution < -0.4 is 5.73 Å². The number of hydrogen-bond acceptors (Lipinski definition) is 2. The van der Waals surface area contributed by atoms with Crippen molar-refractivity contribution in [3.63, 3.8) is 0 Å².